The van der Waals surface area contributed by atoms with Crippen molar-refractivity contribution >= 4 is 11.9 Å². The van der Waals surface area contributed by atoms with Crippen molar-refractivity contribution in [3.63, 3.8) is 0 Å². The minimum absolute atomic E-state index is 0.0206. The molecule has 0 unspecified atom stereocenters. The van der Waals surface area contributed by atoms with E-state index in [-0.39, 0.29) is 11.5 Å². The second kappa shape index (κ2) is 6.02. The van der Waals surface area contributed by atoms with E-state index in [9.17, 15) is 9.59 Å². The van der Waals surface area contributed by atoms with Gasteiger partial charge in [0, 0.05) is 50.9 Å². The van der Waals surface area contributed by atoms with E-state index >= 15 is 0 Å². The van der Waals surface area contributed by atoms with Crippen LogP contribution in [0, 0.1) is 6.92 Å². The maximum absolute atomic E-state index is 12.8. The van der Waals surface area contributed by atoms with Crippen LogP contribution in [0.1, 0.15) is 40.6 Å². The molecule has 0 aromatic carbocycles. The third-order valence-electron chi connectivity index (χ3n) is 4.84. The molecule has 1 saturated heterocycles. The Morgan fingerprint density at radius 3 is 2.56 bits per heavy atom. The Kier molecular flexibility index (Phi) is 3.82. The highest BCUT2D eigenvalue weighted by Crippen LogP contribution is 2.39. The summed E-state index contributed by atoms with van der Waals surface area (Å²) in [4.78, 5) is 35.4. The summed E-state index contributed by atoms with van der Waals surface area (Å²) in [5.41, 5.74) is 2.23. The molecule has 2 aromatic heterocycles. The molecule has 4 rings (SSSR count). The summed E-state index contributed by atoms with van der Waals surface area (Å²) >= 11 is 0. The van der Waals surface area contributed by atoms with Gasteiger partial charge >= 0.3 is 0 Å². The lowest BCUT2D eigenvalue weighted by Crippen LogP contribution is -2.49. The lowest BCUT2D eigenvalue weighted by Gasteiger charge is -2.34. The molecule has 1 saturated carbocycles. The van der Waals surface area contributed by atoms with Crippen LogP contribution in [0.2, 0.25) is 0 Å². The number of aromatic nitrogens is 4. The topological polar surface area (TPSA) is 87.1 Å². The highest BCUT2D eigenvalue weighted by Gasteiger charge is 2.30. The first-order chi connectivity index (χ1) is 12.0. The molecule has 0 radical (unpaired) electrons. The van der Waals surface area contributed by atoms with Crippen molar-refractivity contribution < 1.29 is 4.79 Å². The number of piperazine rings is 1. The quantitative estimate of drug-likeness (QED) is 0.885. The first-order valence-electron chi connectivity index (χ1n) is 8.67. The van der Waals surface area contributed by atoms with E-state index < -0.39 is 0 Å². The summed E-state index contributed by atoms with van der Waals surface area (Å²) in [6, 6.07) is 3.41. The third-order valence-corrected chi connectivity index (χ3v) is 4.84. The Labute approximate surface area is 145 Å². The number of hydrogen-bond acceptors (Lipinski definition) is 5. The number of nitrogens with one attached hydrogen (secondary N) is 1. The van der Waals surface area contributed by atoms with E-state index in [0.717, 1.165) is 5.69 Å². The van der Waals surface area contributed by atoms with E-state index in [1.54, 1.807) is 11.6 Å². The van der Waals surface area contributed by atoms with Crippen molar-refractivity contribution in [2.45, 2.75) is 25.7 Å². The van der Waals surface area contributed by atoms with Crippen LogP contribution in [-0.2, 0) is 7.05 Å². The maximum atomic E-state index is 12.8. The highest BCUT2D eigenvalue weighted by molar-refractivity contribution is 5.93. The molecule has 0 atom stereocenters. The van der Waals surface area contributed by atoms with Gasteiger partial charge in [0.05, 0.1) is 5.69 Å². The fourth-order valence-corrected chi connectivity index (χ4v) is 3.26. The number of nitrogens with zero attached hydrogens (tertiary/aromatic N) is 5. The van der Waals surface area contributed by atoms with Gasteiger partial charge in [-0.1, -0.05) is 0 Å². The molecule has 2 fully saturated rings. The minimum atomic E-state index is -0.150. The van der Waals surface area contributed by atoms with Crippen LogP contribution in [0.5, 0.6) is 0 Å². The number of amides is 1. The van der Waals surface area contributed by atoms with Gasteiger partial charge in [0.1, 0.15) is 5.69 Å². The average molecular weight is 342 g/mol. The molecule has 1 amide bonds. The number of carbonyl (C=O) groups excluding carboxylic acids is 1. The minimum Gasteiger partial charge on any atom is -0.339 e. The molecule has 3 heterocycles. The van der Waals surface area contributed by atoms with Gasteiger partial charge in [0.2, 0.25) is 5.95 Å². The zero-order valence-corrected chi connectivity index (χ0v) is 14.5. The molecule has 0 spiro atoms. The number of aryl methyl sites for hydroxylation is 2. The van der Waals surface area contributed by atoms with Gasteiger partial charge in [-0.15, -0.1) is 0 Å². The maximum Gasteiger partial charge on any atom is 0.272 e. The SMILES string of the molecule is Cc1cc(=O)[nH]c(N2CCN(C(=O)c3cc(C4CC4)nn3C)CC2)n1. The monoisotopic (exact) mass is 342 g/mol. The molecule has 1 N–H and O–H groups in total. The van der Waals surface area contributed by atoms with Crippen LogP contribution in [0.15, 0.2) is 16.9 Å². The first kappa shape index (κ1) is 15.9. The molecule has 0 bridgehead atoms. The van der Waals surface area contributed by atoms with E-state index in [2.05, 4.69) is 15.1 Å². The lowest BCUT2D eigenvalue weighted by molar-refractivity contribution is 0.0735. The standard InChI is InChI=1S/C17H22N6O2/c1-11-9-15(24)19-17(18-11)23-7-5-22(6-8-23)16(25)14-10-13(12-3-4-12)20-21(14)2/h9-10,12H,3-8H2,1-2H3,(H,18,19,24). The van der Waals surface area contributed by atoms with Crippen molar-refractivity contribution in [2.75, 3.05) is 31.1 Å². The predicted octanol–water partition coefficient (Wildman–Crippen LogP) is 0.652. The first-order valence-corrected chi connectivity index (χ1v) is 8.67. The zero-order valence-electron chi connectivity index (χ0n) is 14.5. The summed E-state index contributed by atoms with van der Waals surface area (Å²) in [5, 5.41) is 4.48. The van der Waals surface area contributed by atoms with Gasteiger partial charge in [-0.2, -0.15) is 5.10 Å². The van der Waals surface area contributed by atoms with Crippen molar-refractivity contribution in [1.82, 2.24) is 24.6 Å². The second-order valence-corrected chi connectivity index (χ2v) is 6.84. The zero-order chi connectivity index (χ0) is 17.6. The van der Waals surface area contributed by atoms with Crippen LogP contribution >= 0.6 is 0 Å². The molecule has 8 heteroatoms. The number of hydrogen-bond donors (Lipinski definition) is 1. The molecular formula is C17H22N6O2. The molecule has 2 aliphatic rings. The van der Waals surface area contributed by atoms with Crippen molar-refractivity contribution in [1.29, 1.82) is 0 Å². The van der Waals surface area contributed by atoms with Crippen LogP contribution < -0.4 is 10.5 Å². The number of anilines is 1. The molecule has 1 aliphatic carbocycles. The van der Waals surface area contributed by atoms with E-state index in [1.807, 2.05) is 22.9 Å². The molecule has 132 valence electrons. The van der Waals surface area contributed by atoms with Crippen LogP contribution in [0.25, 0.3) is 0 Å². The van der Waals surface area contributed by atoms with Crippen LogP contribution in [-0.4, -0.2) is 56.7 Å². The van der Waals surface area contributed by atoms with E-state index in [4.69, 9.17) is 0 Å². The van der Waals surface area contributed by atoms with E-state index in [0.29, 0.717) is 49.4 Å². The van der Waals surface area contributed by atoms with Crippen LogP contribution in [0.4, 0.5) is 5.95 Å². The third kappa shape index (κ3) is 3.16. The normalized spacial score (nSPS) is 17.8. The Morgan fingerprint density at radius 1 is 1.20 bits per heavy atom. The van der Waals surface area contributed by atoms with E-state index in [1.165, 1.54) is 18.9 Å². The summed E-state index contributed by atoms with van der Waals surface area (Å²) in [6.45, 7) is 4.29. The lowest BCUT2D eigenvalue weighted by atomic mass is 10.2. The second-order valence-electron chi connectivity index (χ2n) is 6.84. The largest absolute Gasteiger partial charge is 0.339 e. The molecule has 25 heavy (non-hydrogen) atoms. The van der Waals surface area contributed by atoms with Gasteiger partial charge in [-0.05, 0) is 25.8 Å². The molecule has 2 aromatic rings. The number of H-pyrrole nitrogens is 1. The van der Waals surface area contributed by atoms with Gasteiger partial charge < -0.3 is 9.80 Å². The van der Waals surface area contributed by atoms with Gasteiger partial charge in [-0.3, -0.25) is 19.3 Å². The van der Waals surface area contributed by atoms with Gasteiger partial charge in [-0.25, -0.2) is 4.98 Å². The Bertz CT molecular complexity index is 858. The highest BCUT2D eigenvalue weighted by atomic mass is 16.2. The van der Waals surface area contributed by atoms with Crippen molar-refractivity contribution in [3.8, 4) is 0 Å². The summed E-state index contributed by atoms with van der Waals surface area (Å²) in [6.07, 6.45) is 2.34. The van der Waals surface area contributed by atoms with Gasteiger partial charge in [0.15, 0.2) is 0 Å². The number of rotatable bonds is 3. The van der Waals surface area contributed by atoms with Crippen molar-refractivity contribution in [2.24, 2.45) is 7.05 Å². The summed E-state index contributed by atoms with van der Waals surface area (Å²) in [7, 11) is 1.83. The average Bonchev–Trinajstić information content (AvgIpc) is 3.36. The van der Waals surface area contributed by atoms with Gasteiger partial charge in [0.25, 0.3) is 11.5 Å². The fourth-order valence-electron chi connectivity index (χ4n) is 3.26. The van der Waals surface area contributed by atoms with Crippen molar-refractivity contribution in [3.05, 3.63) is 39.6 Å². The molecular weight excluding hydrogens is 320 g/mol. The number of aromatic amines is 1. The molecule has 1 aliphatic heterocycles. The molecule has 8 nitrogen and oxygen atoms in total. The Hall–Kier alpha value is -2.64. The fraction of sp³-hybridized carbons (Fsp3) is 0.529. The van der Waals surface area contributed by atoms with Crippen LogP contribution in [0.3, 0.4) is 0 Å². The Balaban J connectivity index is 1.44. The Morgan fingerprint density at radius 2 is 1.92 bits per heavy atom. The summed E-state index contributed by atoms with van der Waals surface area (Å²) in [5.74, 6) is 1.13. The summed E-state index contributed by atoms with van der Waals surface area (Å²) < 4.78 is 1.70. The number of carbonyl (C=O) groups is 1. The predicted molar refractivity (Wildman–Crippen MR) is 92.9 cm³/mol. The smallest absolute Gasteiger partial charge is 0.272 e.